The SMILES string of the molecule is CCC(O)CC(=O)OCC(COC(=O)CC(O)CC)OC(=O)CC(O)CC. The monoisotopic (exact) mass is 392 g/mol. The summed E-state index contributed by atoms with van der Waals surface area (Å²) in [6, 6.07) is 0. The maximum Gasteiger partial charge on any atom is 0.308 e. The number of hydrogen-bond donors (Lipinski definition) is 3. The second kappa shape index (κ2) is 14.4. The van der Waals surface area contributed by atoms with E-state index in [1.54, 1.807) is 20.8 Å². The standard InChI is InChI=1S/C18H32O9/c1-4-12(19)7-16(22)25-10-15(27-18(24)9-14(21)6-3)11-26-17(23)8-13(20)5-2/h12-15,19-21H,4-11H2,1-3H3. The average Bonchev–Trinajstić information content (AvgIpc) is 2.63. The maximum absolute atomic E-state index is 11.8. The average molecular weight is 392 g/mol. The van der Waals surface area contributed by atoms with Gasteiger partial charge in [-0.25, -0.2) is 0 Å². The van der Waals surface area contributed by atoms with Gasteiger partial charge in [-0.2, -0.15) is 0 Å². The van der Waals surface area contributed by atoms with Crippen LogP contribution in [-0.2, 0) is 28.6 Å². The molecule has 9 heteroatoms. The Bertz CT molecular complexity index is 424. The number of aliphatic hydroxyl groups excluding tert-OH is 3. The molecule has 3 unspecified atom stereocenters. The molecule has 0 radical (unpaired) electrons. The van der Waals surface area contributed by atoms with Crippen molar-refractivity contribution in [2.75, 3.05) is 13.2 Å². The highest BCUT2D eigenvalue weighted by atomic mass is 16.6. The van der Waals surface area contributed by atoms with Crippen molar-refractivity contribution in [1.82, 2.24) is 0 Å². The van der Waals surface area contributed by atoms with Crippen LogP contribution in [0.5, 0.6) is 0 Å². The summed E-state index contributed by atoms with van der Waals surface area (Å²) in [5.74, 6) is -2.07. The first-order chi connectivity index (χ1) is 12.7. The van der Waals surface area contributed by atoms with Crippen molar-refractivity contribution in [2.45, 2.75) is 83.7 Å². The molecule has 27 heavy (non-hydrogen) atoms. The smallest absolute Gasteiger partial charge is 0.308 e. The van der Waals surface area contributed by atoms with E-state index in [9.17, 15) is 29.7 Å². The Balaban J connectivity index is 4.62. The highest BCUT2D eigenvalue weighted by molar-refractivity contribution is 5.71. The van der Waals surface area contributed by atoms with Gasteiger partial charge >= 0.3 is 17.9 Å². The summed E-state index contributed by atoms with van der Waals surface area (Å²) in [6.45, 7) is 4.42. The Labute approximate surface area is 159 Å². The maximum atomic E-state index is 11.8. The van der Waals surface area contributed by atoms with Crippen LogP contribution >= 0.6 is 0 Å². The number of carbonyl (C=O) groups excluding carboxylic acids is 3. The zero-order chi connectivity index (χ0) is 20.8. The first-order valence-electron chi connectivity index (χ1n) is 9.26. The summed E-state index contributed by atoms with van der Waals surface area (Å²) in [7, 11) is 0. The predicted molar refractivity (Wildman–Crippen MR) is 94.5 cm³/mol. The zero-order valence-corrected chi connectivity index (χ0v) is 16.3. The highest BCUT2D eigenvalue weighted by Gasteiger charge is 2.22. The number of aliphatic hydroxyl groups is 3. The van der Waals surface area contributed by atoms with Gasteiger partial charge in [-0.3, -0.25) is 14.4 Å². The van der Waals surface area contributed by atoms with E-state index in [2.05, 4.69) is 0 Å². The van der Waals surface area contributed by atoms with Gasteiger partial charge in [0.1, 0.15) is 13.2 Å². The van der Waals surface area contributed by atoms with Crippen molar-refractivity contribution < 1.29 is 43.9 Å². The number of esters is 3. The number of rotatable bonds is 14. The Morgan fingerprint density at radius 2 is 1.00 bits per heavy atom. The third-order valence-corrected chi connectivity index (χ3v) is 3.78. The predicted octanol–water partition coefficient (Wildman–Crippen LogP) is 0.468. The molecule has 158 valence electrons. The van der Waals surface area contributed by atoms with Crippen LogP contribution in [0, 0.1) is 0 Å². The lowest BCUT2D eigenvalue weighted by atomic mass is 10.2. The molecule has 0 amide bonds. The van der Waals surface area contributed by atoms with Crippen molar-refractivity contribution in [3.05, 3.63) is 0 Å². The van der Waals surface area contributed by atoms with Gasteiger partial charge in [-0.15, -0.1) is 0 Å². The van der Waals surface area contributed by atoms with Crippen molar-refractivity contribution in [1.29, 1.82) is 0 Å². The minimum atomic E-state index is -1.05. The molecule has 0 aromatic heterocycles. The molecule has 0 rings (SSSR count). The van der Waals surface area contributed by atoms with Crippen molar-refractivity contribution in [3.8, 4) is 0 Å². The largest absolute Gasteiger partial charge is 0.462 e. The fourth-order valence-electron chi connectivity index (χ4n) is 1.85. The minimum Gasteiger partial charge on any atom is -0.462 e. The first kappa shape index (κ1) is 25.3. The van der Waals surface area contributed by atoms with E-state index in [-0.39, 0.29) is 32.5 Å². The highest BCUT2D eigenvalue weighted by Crippen LogP contribution is 2.07. The summed E-state index contributed by atoms with van der Waals surface area (Å²) in [5.41, 5.74) is 0. The molecule has 3 N–H and O–H groups in total. The topological polar surface area (TPSA) is 140 Å². The Hall–Kier alpha value is -1.71. The normalized spacial score (nSPS) is 15.3. The van der Waals surface area contributed by atoms with Gasteiger partial charge in [0, 0.05) is 0 Å². The molecular weight excluding hydrogens is 360 g/mol. The Kier molecular flexibility index (Phi) is 13.5. The van der Waals surface area contributed by atoms with Crippen LogP contribution in [0.4, 0.5) is 0 Å². The molecule has 0 aromatic rings. The van der Waals surface area contributed by atoms with E-state index < -0.39 is 42.3 Å². The molecule has 9 nitrogen and oxygen atoms in total. The van der Waals surface area contributed by atoms with E-state index in [0.717, 1.165) is 0 Å². The molecule has 3 atom stereocenters. The van der Waals surface area contributed by atoms with Crippen LogP contribution in [0.15, 0.2) is 0 Å². The minimum absolute atomic E-state index is 0.200. The third-order valence-electron chi connectivity index (χ3n) is 3.78. The van der Waals surface area contributed by atoms with Gasteiger partial charge in [0.2, 0.25) is 0 Å². The summed E-state index contributed by atoms with van der Waals surface area (Å²) in [4.78, 5) is 35.1. The molecule has 0 bridgehead atoms. The molecule has 0 saturated carbocycles. The molecule has 0 spiro atoms. The van der Waals surface area contributed by atoms with Crippen LogP contribution in [0.25, 0.3) is 0 Å². The molecule has 0 heterocycles. The van der Waals surface area contributed by atoms with E-state index in [4.69, 9.17) is 14.2 Å². The lowest BCUT2D eigenvalue weighted by molar-refractivity contribution is -0.169. The van der Waals surface area contributed by atoms with Crippen LogP contribution in [0.2, 0.25) is 0 Å². The van der Waals surface area contributed by atoms with E-state index >= 15 is 0 Å². The quantitative estimate of drug-likeness (QED) is 0.284. The molecular formula is C18H32O9. The summed E-state index contributed by atoms with van der Waals surface area (Å²) >= 11 is 0. The molecule has 0 aliphatic carbocycles. The third kappa shape index (κ3) is 13.2. The molecule has 0 aliphatic heterocycles. The van der Waals surface area contributed by atoms with Crippen molar-refractivity contribution in [3.63, 3.8) is 0 Å². The van der Waals surface area contributed by atoms with E-state index in [1.807, 2.05) is 0 Å². The van der Waals surface area contributed by atoms with Gasteiger partial charge in [-0.1, -0.05) is 20.8 Å². The van der Waals surface area contributed by atoms with Crippen LogP contribution in [0.3, 0.4) is 0 Å². The second-order valence-corrected chi connectivity index (χ2v) is 6.28. The molecule has 0 aromatic carbocycles. The van der Waals surface area contributed by atoms with E-state index in [0.29, 0.717) is 19.3 Å². The van der Waals surface area contributed by atoms with Gasteiger partial charge in [-0.05, 0) is 19.3 Å². The lowest BCUT2D eigenvalue weighted by Gasteiger charge is -2.19. The zero-order valence-electron chi connectivity index (χ0n) is 16.3. The van der Waals surface area contributed by atoms with Crippen LogP contribution < -0.4 is 0 Å². The second-order valence-electron chi connectivity index (χ2n) is 6.28. The fourth-order valence-corrected chi connectivity index (χ4v) is 1.85. The van der Waals surface area contributed by atoms with Crippen molar-refractivity contribution in [2.24, 2.45) is 0 Å². The van der Waals surface area contributed by atoms with Crippen LogP contribution in [0.1, 0.15) is 59.3 Å². The Morgan fingerprint density at radius 1 is 0.667 bits per heavy atom. The summed E-state index contributed by atoms with van der Waals surface area (Å²) in [6.07, 6.45) is -3.05. The fraction of sp³-hybridized carbons (Fsp3) is 0.833. The Morgan fingerprint density at radius 3 is 1.33 bits per heavy atom. The van der Waals surface area contributed by atoms with Gasteiger partial charge in [0.15, 0.2) is 6.10 Å². The lowest BCUT2D eigenvalue weighted by Crippen LogP contribution is -2.32. The number of carbonyl (C=O) groups is 3. The molecule has 0 fully saturated rings. The number of ether oxygens (including phenoxy) is 3. The first-order valence-corrected chi connectivity index (χ1v) is 9.26. The van der Waals surface area contributed by atoms with Gasteiger partial charge < -0.3 is 29.5 Å². The molecule has 0 saturated heterocycles. The van der Waals surface area contributed by atoms with Crippen LogP contribution in [-0.4, -0.2) is 70.9 Å². The number of hydrogen-bond acceptors (Lipinski definition) is 9. The van der Waals surface area contributed by atoms with Crippen molar-refractivity contribution >= 4 is 17.9 Å². The van der Waals surface area contributed by atoms with Gasteiger partial charge in [0.25, 0.3) is 0 Å². The van der Waals surface area contributed by atoms with E-state index in [1.165, 1.54) is 0 Å². The molecule has 0 aliphatic rings. The summed E-state index contributed by atoms with van der Waals surface area (Å²) in [5, 5.41) is 28.4. The summed E-state index contributed by atoms with van der Waals surface area (Å²) < 4.78 is 15.0. The van der Waals surface area contributed by atoms with Gasteiger partial charge in [0.05, 0.1) is 37.6 Å².